The molecule has 0 amide bonds. The van der Waals surface area contributed by atoms with E-state index in [1.54, 1.807) is 0 Å². The lowest BCUT2D eigenvalue weighted by atomic mass is 10.7. The van der Waals surface area contributed by atoms with E-state index in [0.717, 1.165) is 7.11 Å². The Morgan fingerprint density at radius 2 is 2.20 bits per heavy atom. The minimum absolute atomic E-state index is 0.185. The lowest BCUT2D eigenvalue weighted by Crippen LogP contribution is -2.04. The van der Waals surface area contributed by atoms with Crippen LogP contribution in [0, 0.1) is 0 Å². The number of alkyl halides is 3. The highest BCUT2D eigenvalue weighted by Crippen LogP contribution is 2.29. The third-order valence-corrected chi connectivity index (χ3v) is 1.98. The number of aromatic nitrogens is 2. The molecule has 0 saturated carbocycles. The first kappa shape index (κ1) is 11.8. The minimum Gasteiger partial charge on any atom is -0.468 e. The number of esters is 1. The van der Waals surface area contributed by atoms with E-state index in [0.29, 0.717) is 11.8 Å². The SMILES string of the molecule is COC(=O)CSc1nnc(C(F)(F)F)o1. The average Bonchev–Trinajstić information content (AvgIpc) is 2.61. The Morgan fingerprint density at radius 3 is 2.67 bits per heavy atom. The van der Waals surface area contributed by atoms with Gasteiger partial charge in [0, 0.05) is 0 Å². The Balaban J connectivity index is 2.58. The van der Waals surface area contributed by atoms with Gasteiger partial charge in [-0.15, -0.1) is 10.2 Å². The molecule has 0 aliphatic rings. The highest BCUT2D eigenvalue weighted by molar-refractivity contribution is 7.99. The van der Waals surface area contributed by atoms with E-state index in [9.17, 15) is 18.0 Å². The maximum Gasteiger partial charge on any atom is 0.470 e. The molecule has 0 aromatic carbocycles. The fourth-order valence-electron chi connectivity index (χ4n) is 0.562. The van der Waals surface area contributed by atoms with Gasteiger partial charge in [0.15, 0.2) is 0 Å². The molecule has 1 aromatic rings. The Morgan fingerprint density at radius 1 is 1.53 bits per heavy atom. The molecule has 1 aromatic heterocycles. The van der Waals surface area contributed by atoms with E-state index in [1.165, 1.54) is 0 Å². The van der Waals surface area contributed by atoms with Gasteiger partial charge in [-0.2, -0.15) is 13.2 Å². The van der Waals surface area contributed by atoms with Crippen molar-refractivity contribution in [3.63, 3.8) is 0 Å². The standard InChI is InChI=1S/C6H5F3N2O3S/c1-13-3(12)2-15-5-11-10-4(14-5)6(7,8)9/h2H2,1H3. The van der Waals surface area contributed by atoms with E-state index in [1.807, 2.05) is 0 Å². The van der Waals surface area contributed by atoms with Gasteiger partial charge in [-0.05, 0) is 0 Å². The second kappa shape index (κ2) is 4.51. The quantitative estimate of drug-likeness (QED) is 0.589. The molecule has 0 unspecified atom stereocenters. The molecule has 0 saturated heterocycles. The molecule has 84 valence electrons. The van der Waals surface area contributed by atoms with E-state index in [4.69, 9.17) is 0 Å². The number of nitrogens with zero attached hydrogens (tertiary/aromatic N) is 2. The molecular weight excluding hydrogens is 237 g/mol. The summed E-state index contributed by atoms with van der Waals surface area (Å²) in [5.41, 5.74) is 0. The molecule has 1 heterocycles. The number of hydrogen-bond donors (Lipinski definition) is 0. The zero-order valence-electron chi connectivity index (χ0n) is 7.37. The van der Waals surface area contributed by atoms with Crippen molar-refractivity contribution in [1.82, 2.24) is 10.2 Å². The predicted molar refractivity (Wildman–Crippen MR) is 42.0 cm³/mol. The largest absolute Gasteiger partial charge is 0.470 e. The number of ether oxygens (including phenoxy) is 1. The Kier molecular flexibility index (Phi) is 3.56. The predicted octanol–water partition coefficient (Wildman–Crippen LogP) is 1.35. The molecule has 5 nitrogen and oxygen atoms in total. The Labute approximate surface area is 86.0 Å². The minimum atomic E-state index is -4.67. The summed E-state index contributed by atoms with van der Waals surface area (Å²) in [6, 6.07) is 0. The Bertz CT molecular complexity index is 352. The molecular formula is C6H5F3N2O3S. The van der Waals surface area contributed by atoms with Crippen LogP contribution in [0.15, 0.2) is 9.64 Å². The molecule has 0 N–H and O–H groups in total. The van der Waals surface area contributed by atoms with Crippen molar-refractivity contribution >= 4 is 17.7 Å². The van der Waals surface area contributed by atoms with Crippen LogP contribution in [0.2, 0.25) is 0 Å². The zero-order chi connectivity index (χ0) is 11.5. The number of hydrogen-bond acceptors (Lipinski definition) is 6. The van der Waals surface area contributed by atoms with E-state index >= 15 is 0 Å². The van der Waals surface area contributed by atoms with Crippen LogP contribution in [0.1, 0.15) is 5.89 Å². The summed E-state index contributed by atoms with van der Waals surface area (Å²) in [6.07, 6.45) is -4.67. The summed E-state index contributed by atoms with van der Waals surface area (Å²) in [5, 5.41) is 5.56. The first-order chi connectivity index (χ1) is 6.93. The summed E-state index contributed by atoms with van der Waals surface area (Å²) in [6.45, 7) is 0. The number of thioether (sulfide) groups is 1. The first-order valence-corrected chi connectivity index (χ1v) is 4.52. The second-order valence-electron chi connectivity index (χ2n) is 2.24. The van der Waals surface area contributed by atoms with Gasteiger partial charge in [-0.3, -0.25) is 4.79 Å². The summed E-state index contributed by atoms with van der Waals surface area (Å²) < 4.78 is 44.4. The average molecular weight is 242 g/mol. The van der Waals surface area contributed by atoms with Crippen LogP contribution in [0.5, 0.6) is 0 Å². The smallest absolute Gasteiger partial charge is 0.468 e. The van der Waals surface area contributed by atoms with Crippen molar-refractivity contribution in [2.24, 2.45) is 0 Å². The third-order valence-electron chi connectivity index (χ3n) is 1.19. The van der Waals surface area contributed by atoms with Crippen molar-refractivity contribution < 1.29 is 27.1 Å². The number of halogens is 3. The van der Waals surface area contributed by atoms with Crippen molar-refractivity contribution in [1.29, 1.82) is 0 Å². The normalized spacial score (nSPS) is 11.5. The van der Waals surface area contributed by atoms with Crippen molar-refractivity contribution in [2.45, 2.75) is 11.4 Å². The summed E-state index contributed by atoms with van der Waals surface area (Å²) in [7, 11) is 1.16. The topological polar surface area (TPSA) is 65.2 Å². The van der Waals surface area contributed by atoms with Crippen LogP contribution in [0.4, 0.5) is 13.2 Å². The maximum atomic E-state index is 12.0. The van der Waals surface area contributed by atoms with Crippen LogP contribution in [-0.4, -0.2) is 29.0 Å². The molecule has 0 atom stereocenters. The summed E-state index contributed by atoms with van der Waals surface area (Å²) in [5.74, 6) is -2.21. The van der Waals surface area contributed by atoms with Crippen LogP contribution in [0.3, 0.4) is 0 Å². The number of carbonyl (C=O) groups is 1. The van der Waals surface area contributed by atoms with Gasteiger partial charge in [0.1, 0.15) is 5.75 Å². The van der Waals surface area contributed by atoms with Crippen molar-refractivity contribution in [3.8, 4) is 0 Å². The fourth-order valence-corrected chi connectivity index (χ4v) is 1.16. The summed E-state index contributed by atoms with van der Waals surface area (Å²) in [4.78, 5) is 10.6. The van der Waals surface area contributed by atoms with Crippen LogP contribution in [0.25, 0.3) is 0 Å². The fraction of sp³-hybridized carbons (Fsp3) is 0.500. The lowest BCUT2D eigenvalue weighted by Gasteiger charge is -1.97. The highest BCUT2D eigenvalue weighted by atomic mass is 32.2. The molecule has 0 spiro atoms. The summed E-state index contributed by atoms with van der Waals surface area (Å²) >= 11 is 0.675. The van der Waals surface area contributed by atoms with Gasteiger partial charge in [-0.25, -0.2) is 0 Å². The number of carbonyl (C=O) groups excluding carboxylic acids is 1. The third kappa shape index (κ3) is 3.42. The van der Waals surface area contributed by atoms with Gasteiger partial charge < -0.3 is 9.15 Å². The van der Waals surface area contributed by atoms with Crippen LogP contribution < -0.4 is 0 Å². The van der Waals surface area contributed by atoms with Gasteiger partial charge in [0.05, 0.1) is 7.11 Å². The van der Waals surface area contributed by atoms with Gasteiger partial charge in [0.2, 0.25) is 0 Å². The molecule has 1 rings (SSSR count). The van der Waals surface area contributed by atoms with E-state index in [-0.39, 0.29) is 11.0 Å². The molecule has 0 bridgehead atoms. The molecule has 0 radical (unpaired) electrons. The maximum absolute atomic E-state index is 12.0. The molecule has 0 aliphatic heterocycles. The molecule has 0 fully saturated rings. The van der Waals surface area contributed by atoms with Crippen molar-refractivity contribution in [2.75, 3.05) is 12.9 Å². The van der Waals surface area contributed by atoms with Crippen molar-refractivity contribution in [3.05, 3.63) is 5.89 Å². The first-order valence-electron chi connectivity index (χ1n) is 3.54. The van der Waals surface area contributed by atoms with Gasteiger partial charge in [-0.1, -0.05) is 11.8 Å². The second-order valence-corrected chi connectivity index (χ2v) is 3.16. The molecule has 15 heavy (non-hydrogen) atoms. The number of rotatable bonds is 3. The van der Waals surface area contributed by atoms with Crippen LogP contribution in [-0.2, 0) is 15.7 Å². The lowest BCUT2D eigenvalue weighted by molar-refractivity contribution is -0.158. The monoisotopic (exact) mass is 242 g/mol. The van der Waals surface area contributed by atoms with E-state index < -0.39 is 18.0 Å². The Hall–Kier alpha value is -1.25. The van der Waals surface area contributed by atoms with Crippen LogP contribution >= 0.6 is 11.8 Å². The molecule has 0 aliphatic carbocycles. The highest BCUT2D eigenvalue weighted by Gasteiger charge is 2.38. The van der Waals surface area contributed by atoms with Gasteiger partial charge in [0.25, 0.3) is 5.22 Å². The number of methoxy groups -OCH3 is 1. The zero-order valence-corrected chi connectivity index (χ0v) is 8.18. The van der Waals surface area contributed by atoms with E-state index in [2.05, 4.69) is 19.4 Å². The molecule has 9 heteroatoms. The van der Waals surface area contributed by atoms with Gasteiger partial charge >= 0.3 is 18.0 Å².